The number of benzene rings is 2. The van der Waals surface area contributed by atoms with Crippen LogP contribution in [0.25, 0.3) is 0 Å². The van der Waals surface area contributed by atoms with E-state index in [1.165, 1.54) is 26.0 Å². The quantitative estimate of drug-likeness (QED) is 0.603. The Morgan fingerprint density at radius 2 is 1.64 bits per heavy atom. The first-order valence-corrected chi connectivity index (χ1v) is 8.64. The molecule has 132 valence electrons. The Hall–Kier alpha value is -2.67. The van der Waals surface area contributed by atoms with Crippen LogP contribution in [0.4, 0.5) is 5.69 Å². The van der Waals surface area contributed by atoms with E-state index in [1.54, 1.807) is 24.3 Å². The van der Waals surface area contributed by atoms with E-state index in [0.717, 1.165) is 4.90 Å². The van der Waals surface area contributed by atoms with Crippen molar-refractivity contribution in [1.29, 1.82) is 0 Å². The molecule has 0 atom stereocenters. The van der Waals surface area contributed by atoms with Crippen LogP contribution in [-0.4, -0.2) is 39.0 Å². The van der Waals surface area contributed by atoms with Gasteiger partial charge < -0.3 is 19.5 Å². The number of hydrogen-bond acceptors (Lipinski definition) is 6. The summed E-state index contributed by atoms with van der Waals surface area (Å²) in [7, 11) is 2.88. The molecule has 0 saturated heterocycles. The zero-order valence-electron chi connectivity index (χ0n) is 14.2. The van der Waals surface area contributed by atoms with Crippen LogP contribution in [0.3, 0.4) is 0 Å². The van der Waals surface area contributed by atoms with E-state index < -0.39 is 18.5 Å². The average Bonchev–Trinajstić information content (AvgIpc) is 2.65. The van der Waals surface area contributed by atoms with E-state index in [4.69, 9.17) is 14.2 Å². The largest absolute Gasteiger partial charge is 0.496 e. The summed E-state index contributed by atoms with van der Waals surface area (Å²) in [5.74, 6) is -0.485. The number of nitrogens with one attached hydrogen (secondary N) is 1. The highest BCUT2D eigenvalue weighted by Crippen LogP contribution is 2.29. The predicted octanol–water partition coefficient (Wildman–Crippen LogP) is 3.22. The Bertz CT molecular complexity index is 741. The molecule has 0 aliphatic rings. The molecule has 0 aliphatic carbocycles. The van der Waals surface area contributed by atoms with Crippen molar-refractivity contribution < 1.29 is 23.8 Å². The van der Waals surface area contributed by atoms with Gasteiger partial charge in [0.15, 0.2) is 6.61 Å². The van der Waals surface area contributed by atoms with Crippen LogP contribution >= 0.6 is 11.8 Å². The minimum atomic E-state index is -0.692. The summed E-state index contributed by atoms with van der Waals surface area (Å²) in [5, 5.41) is 2.73. The first-order valence-electron chi connectivity index (χ1n) is 7.41. The normalized spacial score (nSPS) is 10.0. The molecule has 1 N–H and O–H groups in total. The van der Waals surface area contributed by atoms with E-state index in [2.05, 4.69) is 5.32 Å². The van der Waals surface area contributed by atoms with Crippen molar-refractivity contribution in [2.75, 3.05) is 32.4 Å². The lowest BCUT2D eigenvalue weighted by Crippen LogP contribution is -2.21. The second kappa shape index (κ2) is 8.98. The molecule has 1 amide bonds. The van der Waals surface area contributed by atoms with Crippen molar-refractivity contribution >= 4 is 29.3 Å². The third-order valence-electron chi connectivity index (χ3n) is 3.35. The molecule has 0 fully saturated rings. The average molecular weight is 361 g/mol. The smallest absolute Gasteiger partial charge is 0.346 e. The van der Waals surface area contributed by atoms with Gasteiger partial charge in [-0.05, 0) is 30.5 Å². The van der Waals surface area contributed by atoms with Crippen molar-refractivity contribution in [2.24, 2.45) is 0 Å². The fourth-order valence-corrected chi connectivity index (χ4v) is 2.74. The molecule has 0 aliphatic heterocycles. The van der Waals surface area contributed by atoms with E-state index in [1.807, 2.05) is 24.5 Å². The Morgan fingerprint density at radius 1 is 1.00 bits per heavy atom. The molecular formula is C18H19NO5S. The van der Waals surface area contributed by atoms with Gasteiger partial charge in [-0.1, -0.05) is 18.2 Å². The summed E-state index contributed by atoms with van der Waals surface area (Å²) in [4.78, 5) is 25.3. The SMILES string of the molecule is COc1cccc(OC)c1C(=O)OCC(=O)Nc1ccccc1SC. The summed E-state index contributed by atoms with van der Waals surface area (Å²) in [5.41, 5.74) is 0.815. The van der Waals surface area contributed by atoms with Crippen molar-refractivity contribution in [3.8, 4) is 11.5 Å². The van der Waals surface area contributed by atoms with Crippen LogP contribution in [0.15, 0.2) is 47.4 Å². The number of anilines is 1. The van der Waals surface area contributed by atoms with Gasteiger partial charge in [0.25, 0.3) is 5.91 Å². The zero-order chi connectivity index (χ0) is 18.2. The maximum atomic E-state index is 12.3. The third kappa shape index (κ3) is 4.67. The molecule has 0 aromatic heterocycles. The molecule has 2 aromatic carbocycles. The first kappa shape index (κ1) is 18.7. The topological polar surface area (TPSA) is 73.9 Å². The summed E-state index contributed by atoms with van der Waals surface area (Å²) in [6.07, 6.45) is 1.92. The number of thioether (sulfide) groups is 1. The van der Waals surface area contributed by atoms with Gasteiger partial charge >= 0.3 is 5.97 Å². The summed E-state index contributed by atoms with van der Waals surface area (Å²) in [6, 6.07) is 12.3. The van der Waals surface area contributed by atoms with Crippen LogP contribution < -0.4 is 14.8 Å². The van der Waals surface area contributed by atoms with Crippen LogP contribution in [-0.2, 0) is 9.53 Å². The standard InChI is InChI=1S/C18H19NO5S/c1-22-13-8-6-9-14(23-2)17(13)18(21)24-11-16(20)19-12-7-4-5-10-15(12)25-3/h4-10H,11H2,1-3H3,(H,19,20). The number of para-hydroxylation sites is 1. The molecule has 7 heteroatoms. The Morgan fingerprint density at radius 3 is 2.24 bits per heavy atom. The van der Waals surface area contributed by atoms with Crippen molar-refractivity contribution in [3.05, 3.63) is 48.0 Å². The number of rotatable bonds is 7. The van der Waals surface area contributed by atoms with E-state index in [-0.39, 0.29) is 5.56 Å². The Kier molecular flexibility index (Phi) is 6.71. The molecule has 6 nitrogen and oxygen atoms in total. The predicted molar refractivity (Wildman–Crippen MR) is 96.7 cm³/mol. The Labute approximate surface area is 150 Å². The van der Waals surface area contributed by atoms with E-state index >= 15 is 0 Å². The summed E-state index contributed by atoms with van der Waals surface area (Å²) in [6.45, 7) is -0.414. The van der Waals surface area contributed by atoms with Gasteiger partial charge in [0, 0.05) is 4.90 Å². The lowest BCUT2D eigenvalue weighted by molar-refractivity contribution is -0.119. The monoisotopic (exact) mass is 361 g/mol. The summed E-state index contributed by atoms with van der Waals surface area (Å²) >= 11 is 1.51. The van der Waals surface area contributed by atoms with E-state index in [9.17, 15) is 9.59 Å². The maximum Gasteiger partial charge on any atom is 0.346 e. The zero-order valence-corrected chi connectivity index (χ0v) is 15.0. The molecule has 0 spiro atoms. The summed E-state index contributed by atoms with van der Waals surface area (Å²) < 4.78 is 15.4. The molecule has 2 aromatic rings. The van der Waals surface area contributed by atoms with Crippen molar-refractivity contribution in [1.82, 2.24) is 0 Å². The highest BCUT2D eigenvalue weighted by molar-refractivity contribution is 7.98. The molecule has 0 bridgehead atoms. The number of esters is 1. The number of carbonyl (C=O) groups excluding carboxylic acids is 2. The molecule has 0 unspecified atom stereocenters. The lowest BCUT2D eigenvalue weighted by Gasteiger charge is -2.13. The van der Waals surface area contributed by atoms with Gasteiger partial charge in [-0.3, -0.25) is 4.79 Å². The van der Waals surface area contributed by atoms with Crippen molar-refractivity contribution in [3.63, 3.8) is 0 Å². The number of methoxy groups -OCH3 is 2. The number of ether oxygens (including phenoxy) is 3. The molecule has 0 saturated carbocycles. The highest BCUT2D eigenvalue weighted by atomic mass is 32.2. The first-order chi connectivity index (χ1) is 12.1. The Balaban J connectivity index is 2.04. The highest BCUT2D eigenvalue weighted by Gasteiger charge is 2.20. The van der Waals surface area contributed by atoms with Crippen molar-refractivity contribution in [2.45, 2.75) is 4.90 Å². The number of hydrogen-bond donors (Lipinski definition) is 1. The molecule has 0 heterocycles. The fourth-order valence-electron chi connectivity index (χ4n) is 2.19. The van der Waals surface area contributed by atoms with E-state index in [0.29, 0.717) is 17.2 Å². The van der Waals surface area contributed by atoms with Crippen LogP contribution in [0.2, 0.25) is 0 Å². The van der Waals surface area contributed by atoms with Gasteiger partial charge in [0.05, 0.1) is 19.9 Å². The van der Waals surface area contributed by atoms with Gasteiger partial charge in [-0.15, -0.1) is 11.8 Å². The number of amides is 1. The lowest BCUT2D eigenvalue weighted by atomic mass is 10.2. The fraction of sp³-hybridized carbons (Fsp3) is 0.222. The van der Waals surface area contributed by atoms with Gasteiger partial charge in [0.2, 0.25) is 0 Å². The van der Waals surface area contributed by atoms with Crippen LogP contribution in [0.5, 0.6) is 11.5 Å². The minimum absolute atomic E-state index is 0.143. The molecule has 2 rings (SSSR count). The van der Waals surface area contributed by atoms with Gasteiger partial charge in [-0.2, -0.15) is 0 Å². The van der Waals surface area contributed by atoms with Crippen LogP contribution in [0, 0.1) is 0 Å². The van der Waals surface area contributed by atoms with Crippen LogP contribution in [0.1, 0.15) is 10.4 Å². The molecule has 0 radical (unpaired) electrons. The third-order valence-corrected chi connectivity index (χ3v) is 4.14. The second-order valence-electron chi connectivity index (χ2n) is 4.86. The molecular weight excluding hydrogens is 342 g/mol. The van der Waals surface area contributed by atoms with Gasteiger partial charge in [-0.25, -0.2) is 4.79 Å². The number of carbonyl (C=O) groups is 2. The molecule has 25 heavy (non-hydrogen) atoms. The van der Waals surface area contributed by atoms with Gasteiger partial charge in [0.1, 0.15) is 17.1 Å². The second-order valence-corrected chi connectivity index (χ2v) is 5.71. The minimum Gasteiger partial charge on any atom is -0.496 e. The maximum absolute atomic E-state index is 12.3.